The molecule has 0 saturated heterocycles. The van der Waals surface area contributed by atoms with Gasteiger partial charge in [0.1, 0.15) is 0 Å². The molecule has 1 heteroatoms. The summed E-state index contributed by atoms with van der Waals surface area (Å²) in [5.41, 5.74) is 3.55. The summed E-state index contributed by atoms with van der Waals surface area (Å²) in [6, 6.07) is 9.55. The summed E-state index contributed by atoms with van der Waals surface area (Å²) in [5, 5.41) is 0. The molecular weight excluding hydrogens is 208 g/mol. The molecule has 0 radical (unpaired) electrons. The molecule has 0 saturated carbocycles. The van der Waals surface area contributed by atoms with Gasteiger partial charge in [-0.25, -0.2) is 0 Å². The molecule has 2 aliphatic carbocycles. The molecule has 0 unspecified atom stereocenters. The van der Waals surface area contributed by atoms with Gasteiger partial charge in [0, 0.05) is 17.9 Å². The van der Waals surface area contributed by atoms with Gasteiger partial charge in [-0.15, -0.1) is 0 Å². The molecule has 3 rings (SSSR count). The van der Waals surface area contributed by atoms with Gasteiger partial charge in [-0.3, -0.25) is 4.79 Å². The molecule has 17 heavy (non-hydrogen) atoms. The van der Waals surface area contributed by atoms with E-state index in [9.17, 15) is 4.79 Å². The van der Waals surface area contributed by atoms with Crippen LogP contribution >= 0.6 is 0 Å². The minimum absolute atomic E-state index is 0.248. The lowest BCUT2D eigenvalue weighted by atomic mass is 9.94. The van der Waals surface area contributed by atoms with E-state index in [1.807, 2.05) is 30.3 Å². The standard InChI is InChI=1S/C16H14O/c17-16(14-4-2-1-3-5-14)11-10-15-12-6-7-13(15)9-8-12/h1-9,15H,10-11H2. The number of Topliss-reactive ketones (excluding diaryl/α,β-unsaturated/α-hetero) is 1. The maximum Gasteiger partial charge on any atom is 0.162 e. The average molecular weight is 222 g/mol. The number of rotatable bonds is 4. The second kappa shape index (κ2) is 4.17. The van der Waals surface area contributed by atoms with Gasteiger partial charge in [0.25, 0.3) is 0 Å². The zero-order valence-electron chi connectivity index (χ0n) is 9.60. The van der Waals surface area contributed by atoms with Gasteiger partial charge in [0.05, 0.1) is 0 Å². The number of hydrogen-bond donors (Lipinski definition) is 0. The van der Waals surface area contributed by atoms with Crippen LogP contribution in [0.4, 0.5) is 0 Å². The Hall–Kier alpha value is -1.89. The first-order chi connectivity index (χ1) is 8.34. The maximum atomic E-state index is 12.0. The number of carbonyl (C=O) groups is 1. The first kappa shape index (κ1) is 10.3. The Morgan fingerprint density at radius 1 is 1.00 bits per heavy atom. The maximum absolute atomic E-state index is 12.0. The molecule has 0 heterocycles. The monoisotopic (exact) mass is 222 g/mol. The quantitative estimate of drug-likeness (QED) is 0.710. The second-order valence-corrected chi connectivity index (χ2v) is 4.55. The Bertz CT molecular complexity index is 510. The lowest BCUT2D eigenvalue weighted by Crippen LogP contribution is -2.04. The van der Waals surface area contributed by atoms with E-state index in [-0.39, 0.29) is 5.78 Å². The Balaban J connectivity index is 1.62. The highest BCUT2D eigenvalue weighted by Crippen LogP contribution is 2.38. The Morgan fingerprint density at radius 2 is 1.65 bits per heavy atom. The van der Waals surface area contributed by atoms with E-state index in [4.69, 9.17) is 0 Å². The summed E-state index contributed by atoms with van der Waals surface area (Å²) >= 11 is 0. The summed E-state index contributed by atoms with van der Waals surface area (Å²) in [4.78, 5) is 12.0. The van der Waals surface area contributed by atoms with Gasteiger partial charge in [0.15, 0.2) is 5.78 Å². The molecule has 2 aliphatic rings. The predicted octanol–water partition coefficient (Wildman–Crippen LogP) is 3.70. The number of ketones is 1. The number of hydrogen-bond acceptors (Lipinski definition) is 1. The summed E-state index contributed by atoms with van der Waals surface area (Å²) in [5.74, 6) is 0.723. The largest absolute Gasteiger partial charge is 0.294 e. The van der Waals surface area contributed by atoms with Crippen molar-refractivity contribution in [3.05, 3.63) is 71.3 Å². The molecule has 0 spiro atoms. The van der Waals surface area contributed by atoms with Gasteiger partial charge in [-0.1, -0.05) is 54.6 Å². The van der Waals surface area contributed by atoms with E-state index in [2.05, 4.69) is 24.3 Å². The molecule has 1 aromatic rings. The summed E-state index contributed by atoms with van der Waals surface area (Å²) in [6.45, 7) is 0. The fraction of sp³-hybridized carbons (Fsp3) is 0.188. The number of allylic oxidation sites excluding steroid dienone is 6. The molecule has 0 N–H and O–H groups in total. The number of benzene rings is 1. The van der Waals surface area contributed by atoms with E-state index >= 15 is 0 Å². The lowest BCUT2D eigenvalue weighted by Gasteiger charge is -2.09. The third-order valence-electron chi connectivity index (χ3n) is 3.50. The van der Waals surface area contributed by atoms with Crippen LogP contribution in [0.2, 0.25) is 0 Å². The molecule has 0 fully saturated rings. The van der Waals surface area contributed by atoms with Crippen molar-refractivity contribution in [2.75, 3.05) is 0 Å². The third kappa shape index (κ3) is 1.89. The molecule has 2 bridgehead atoms. The first-order valence-corrected chi connectivity index (χ1v) is 6.03. The van der Waals surface area contributed by atoms with Gasteiger partial charge in [-0.2, -0.15) is 0 Å². The Morgan fingerprint density at radius 3 is 2.24 bits per heavy atom. The van der Waals surface area contributed by atoms with Crippen LogP contribution in [0.3, 0.4) is 0 Å². The molecule has 1 nitrogen and oxygen atoms in total. The van der Waals surface area contributed by atoms with Crippen molar-refractivity contribution in [2.24, 2.45) is 5.92 Å². The van der Waals surface area contributed by atoms with Crippen molar-refractivity contribution in [1.29, 1.82) is 0 Å². The summed E-state index contributed by atoms with van der Waals surface area (Å²) < 4.78 is 0. The molecular formula is C16H14O. The molecule has 0 aliphatic heterocycles. The van der Waals surface area contributed by atoms with E-state index in [0.29, 0.717) is 12.3 Å². The van der Waals surface area contributed by atoms with Crippen LogP contribution in [0.1, 0.15) is 23.2 Å². The van der Waals surface area contributed by atoms with Crippen LogP contribution in [0.5, 0.6) is 0 Å². The zero-order valence-corrected chi connectivity index (χ0v) is 9.60. The third-order valence-corrected chi connectivity index (χ3v) is 3.50. The van der Waals surface area contributed by atoms with Crippen LogP contribution in [0, 0.1) is 5.92 Å². The van der Waals surface area contributed by atoms with Gasteiger partial charge in [0.2, 0.25) is 0 Å². The van der Waals surface area contributed by atoms with Crippen molar-refractivity contribution in [1.82, 2.24) is 0 Å². The van der Waals surface area contributed by atoms with E-state index in [0.717, 1.165) is 12.0 Å². The second-order valence-electron chi connectivity index (χ2n) is 4.55. The summed E-state index contributed by atoms with van der Waals surface area (Å²) in [7, 11) is 0. The highest BCUT2D eigenvalue weighted by atomic mass is 16.1. The first-order valence-electron chi connectivity index (χ1n) is 6.03. The van der Waals surface area contributed by atoms with Crippen LogP contribution < -0.4 is 0 Å². The molecule has 1 aromatic carbocycles. The van der Waals surface area contributed by atoms with Gasteiger partial charge in [-0.05, 0) is 17.6 Å². The number of carbonyl (C=O) groups excluding carboxylic acids is 1. The van der Waals surface area contributed by atoms with E-state index < -0.39 is 0 Å². The van der Waals surface area contributed by atoms with Crippen molar-refractivity contribution in [2.45, 2.75) is 12.8 Å². The minimum Gasteiger partial charge on any atom is -0.294 e. The lowest BCUT2D eigenvalue weighted by molar-refractivity contribution is 0.0977. The topological polar surface area (TPSA) is 17.1 Å². The molecule has 0 atom stereocenters. The van der Waals surface area contributed by atoms with Gasteiger partial charge >= 0.3 is 0 Å². The van der Waals surface area contributed by atoms with Crippen molar-refractivity contribution in [3.8, 4) is 0 Å². The van der Waals surface area contributed by atoms with Crippen LogP contribution in [0.15, 0.2) is 65.8 Å². The van der Waals surface area contributed by atoms with Crippen LogP contribution in [-0.4, -0.2) is 5.78 Å². The van der Waals surface area contributed by atoms with Crippen LogP contribution in [-0.2, 0) is 0 Å². The predicted molar refractivity (Wildman–Crippen MR) is 68.8 cm³/mol. The van der Waals surface area contributed by atoms with Gasteiger partial charge < -0.3 is 0 Å². The molecule has 0 amide bonds. The smallest absolute Gasteiger partial charge is 0.162 e. The summed E-state index contributed by atoms with van der Waals surface area (Å²) in [6.07, 6.45) is 10.2. The molecule has 0 aromatic heterocycles. The Kier molecular flexibility index (Phi) is 2.52. The normalized spacial score (nSPS) is 17.2. The highest BCUT2D eigenvalue weighted by molar-refractivity contribution is 5.96. The minimum atomic E-state index is 0.248. The van der Waals surface area contributed by atoms with Crippen molar-refractivity contribution < 1.29 is 4.79 Å². The zero-order chi connectivity index (χ0) is 11.7. The molecule has 84 valence electrons. The van der Waals surface area contributed by atoms with Crippen molar-refractivity contribution >= 4 is 5.78 Å². The average Bonchev–Trinajstić information content (AvgIpc) is 2.96. The fourth-order valence-electron chi connectivity index (χ4n) is 2.53. The fourth-order valence-corrected chi connectivity index (χ4v) is 2.53. The SMILES string of the molecule is O=C(CCC1C2=CC=C1C=C2)c1ccccc1. The van der Waals surface area contributed by atoms with E-state index in [1.54, 1.807) is 0 Å². The van der Waals surface area contributed by atoms with E-state index in [1.165, 1.54) is 11.1 Å². The Labute approximate surface area is 101 Å². The number of fused-ring (bicyclic) bond motifs is 2. The van der Waals surface area contributed by atoms with Crippen molar-refractivity contribution in [3.63, 3.8) is 0 Å². The highest BCUT2D eigenvalue weighted by Gasteiger charge is 2.24. The van der Waals surface area contributed by atoms with Crippen LogP contribution in [0.25, 0.3) is 0 Å².